The summed E-state index contributed by atoms with van der Waals surface area (Å²) < 4.78 is 14.5. The number of hydrogen-bond acceptors (Lipinski definition) is 1. The van der Waals surface area contributed by atoms with E-state index in [1.807, 2.05) is 0 Å². The zero-order valence-corrected chi connectivity index (χ0v) is 14.6. The van der Waals surface area contributed by atoms with E-state index in [0.717, 1.165) is 24.1 Å². The van der Waals surface area contributed by atoms with Gasteiger partial charge in [0.1, 0.15) is 14.0 Å². The molecule has 0 radical (unpaired) electrons. The third-order valence-electron chi connectivity index (χ3n) is 7.03. The molecule has 0 aromatic rings. The zero-order valence-electron chi connectivity index (χ0n) is 13.9. The topological polar surface area (TPSA) is 20.2 Å². The highest BCUT2D eigenvalue weighted by Gasteiger charge is 2.43. The minimum absolute atomic E-state index is 0.0956. The van der Waals surface area contributed by atoms with E-state index in [0.29, 0.717) is 12.3 Å². The SMILES string of the molecule is BC1CCC(C2CCC(C3CCC(O)C(Cl)C3F)CC2)CC1. The van der Waals surface area contributed by atoms with Crippen molar-refractivity contribution in [3.8, 4) is 0 Å². The normalized spacial score (nSPS) is 50.7. The van der Waals surface area contributed by atoms with Crippen molar-refractivity contribution in [1.82, 2.24) is 0 Å². The van der Waals surface area contributed by atoms with E-state index in [1.165, 1.54) is 51.4 Å². The smallest absolute Gasteiger partial charge is 0.122 e. The fraction of sp³-hybridized carbons (Fsp3) is 1.00. The molecule has 3 aliphatic rings. The van der Waals surface area contributed by atoms with Gasteiger partial charge < -0.3 is 5.11 Å². The number of rotatable bonds is 2. The Morgan fingerprint density at radius 1 is 0.773 bits per heavy atom. The maximum absolute atomic E-state index is 14.5. The molecule has 3 rings (SSSR count). The lowest BCUT2D eigenvalue weighted by molar-refractivity contribution is 0.0144. The Bertz CT molecular complexity index is 353. The molecule has 22 heavy (non-hydrogen) atoms. The summed E-state index contributed by atoms with van der Waals surface area (Å²) in [7, 11) is 2.38. The predicted octanol–water partition coefficient (Wildman–Crippen LogP) is 4.12. The van der Waals surface area contributed by atoms with Crippen LogP contribution in [-0.2, 0) is 0 Å². The van der Waals surface area contributed by atoms with Crippen molar-refractivity contribution in [2.24, 2.45) is 23.7 Å². The molecular weight excluding hydrogens is 297 g/mol. The fourth-order valence-electron chi connectivity index (χ4n) is 5.43. The number of aliphatic hydroxyl groups is 1. The molecule has 4 unspecified atom stereocenters. The van der Waals surface area contributed by atoms with Crippen LogP contribution in [0.4, 0.5) is 4.39 Å². The van der Waals surface area contributed by atoms with Gasteiger partial charge in [0.2, 0.25) is 0 Å². The van der Waals surface area contributed by atoms with Gasteiger partial charge in [0.25, 0.3) is 0 Å². The van der Waals surface area contributed by atoms with E-state index in [4.69, 9.17) is 11.6 Å². The summed E-state index contributed by atoms with van der Waals surface area (Å²) in [6.45, 7) is 0. The van der Waals surface area contributed by atoms with Crippen molar-refractivity contribution >= 4 is 19.4 Å². The number of hydrogen-bond donors (Lipinski definition) is 1. The lowest BCUT2D eigenvalue weighted by Crippen LogP contribution is -2.44. The van der Waals surface area contributed by atoms with E-state index in [2.05, 4.69) is 7.85 Å². The average molecular weight is 329 g/mol. The van der Waals surface area contributed by atoms with Gasteiger partial charge in [-0.25, -0.2) is 4.39 Å². The van der Waals surface area contributed by atoms with Gasteiger partial charge in [-0.2, -0.15) is 0 Å². The number of halogens is 2. The second kappa shape index (κ2) is 7.42. The molecule has 3 saturated carbocycles. The second-order valence-corrected chi connectivity index (χ2v) is 8.90. The van der Waals surface area contributed by atoms with Gasteiger partial charge in [0.15, 0.2) is 0 Å². The first kappa shape index (κ1) is 17.1. The molecule has 0 saturated heterocycles. The Morgan fingerprint density at radius 3 is 1.86 bits per heavy atom. The summed E-state index contributed by atoms with van der Waals surface area (Å²) in [5, 5.41) is 9.04. The molecule has 0 amide bonds. The molecule has 1 N–H and O–H groups in total. The first-order chi connectivity index (χ1) is 10.6. The van der Waals surface area contributed by atoms with Crippen LogP contribution in [0.5, 0.6) is 0 Å². The fourth-order valence-corrected chi connectivity index (χ4v) is 5.74. The predicted molar refractivity (Wildman–Crippen MR) is 93.0 cm³/mol. The summed E-state index contributed by atoms with van der Waals surface area (Å²) in [5.41, 5.74) is 0. The molecular formula is C18H31BClFO. The van der Waals surface area contributed by atoms with Crippen LogP contribution in [0.15, 0.2) is 0 Å². The summed E-state index contributed by atoms with van der Waals surface area (Å²) in [4.78, 5) is 0. The van der Waals surface area contributed by atoms with Crippen LogP contribution < -0.4 is 0 Å². The van der Waals surface area contributed by atoms with Crippen LogP contribution in [0, 0.1) is 23.7 Å². The van der Waals surface area contributed by atoms with Crippen LogP contribution >= 0.6 is 11.6 Å². The molecule has 4 heteroatoms. The van der Waals surface area contributed by atoms with Crippen LogP contribution in [0.1, 0.15) is 64.2 Å². The second-order valence-electron chi connectivity index (χ2n) is 8.39. The molecule has 1 nitrogen and oxygen atoms in total. The molecule has 0 spiro atoms. The lowest BCUT2D eigenvalue weighted by atomic mass is 9.63. The first-order valence-corrected chi connectivity index (χ1v) is 9.96. The Hall–Kier alpha value is 0.245. The zero-order chi connectivity index (χ0) is 15.7. The van der Waals surface area contributed by atoms with Gasteiger partial charge in [-0.3, -0.25) is 0 Å². The molecule has 4 atom stereocenters. The Kier molecular flexibility index (Phi) is 5.76. The van der Waals surface area contributed by atoms with Crippen molar-refractivity contribution in [2.75, 3.05) is 0 Å². The molecule has 3 aliphatic carbocycles. The summed E-state index contributed by atoms with van der Waals surface area (Å²) in [5.74, 6) is 3.35. The highest BCUT2D eigenvalue weighted by molar-refractivity contribution is 6.21. The number of alkyl halides is 2. The van der Waals surface area contributed by atoms with Gasteiger partial charge in [0.05, 0.1) is 11.5 Å². The molecule has 0 aliphatic heterocycles. The maximum atomic E-state index is 14.5. The summed E-state index contributed by atoms with van der Waals surface area (Å²) in [6.07, 6.45) is 10.5. The van der Waals surface area contributed by atoms with E-state index in [-0.39, 0.29) is 5.92 Å². The molecule has 0 bridgehead atoms. The average Bonchev–Trinajstić information content (AvgIpc) is 2.54. The van der Waals surface area contributed by atoms with Crippen molar-refractivity contribution < 1.29 is 9.50 Å². The van der Waals surface area contributed by atoms with Gasteiger partial charge in [-0.15, -0.1) is 11.6 Å². The van der Waals surface area contributed by atoms with Crippen molar-refractivity contribution in [3.63, 3.8) is 0 Å². The third kappa shape index (κ3) is 3.66. The highest BCUT2D eigenvalue weighted by Crippen LogP contribution is 2.46. The van der Waals surface area contributed by atoms with Crippen LogP contribution in [0.3, 0.4) is 0 Å². The maximum Gasteiger partial charge on any atom is 0.122 e. The third-order valence-corrected chi connectivity index (χ3v) is 7.56. The number of aliphatic hydroxyl groups excluding tert-OH is 1. The van der Waals surface area contributed by atoms with Gasteiger partial charge in [-0.1, -0.05) is 31.5 Å². The van der Waals surface area contributed by atoms with E-state index in [9.17, 15) is 9.50 Å². The van der Waals surface area contributed by atoms with Gasteiger partial charge >= 0.3 is 0 Å². The monoisotopic (exact) mass is 328 g/mol. The summed E-state index contributed by atoms with van der Waals surface area (Å²) in [6, 6.07) is 0. The molecule has 0 aromatic carbocycles. The van der Waals surface area contributed by atoms with Gasteiger partial charge in [0, 0.05) is 0 Å². The molecule has 126 valence electrons. The minimum atomic E-state index is -1.01. The molecule has 0 heterocycles. The van der Waals surface area contributed by atoms with Crippen LogP contribution in [0.25, 0.3) is 0 Å². The minimum Gasteiger partial charge on any atom is -0.391 e. The van der Waals surface area contributed by atoms with Crippen LogP contribution in [-0.4, -0.2) is 30.6 Å². The Morgan fingerprint density at radius 2 is 1.27 bits per heavy atom. The van der Waals surface area contributed by atoms with E-state index in [1.54, 1.807) is 0 Å². The quantitative estimate of drug-likeness (QED) is 0.597. The van der Waals surface area contributed by atoms with Gasteiger partial charge in [-0.05, 0) is 62.2 Å². The van der Waals surface area contributed by atoms with Crippen LogP contribution in [0.2, 0.25) is 5.82 Å². The standard InChI is InChI=1S/C18H31BClFO/c19-14-7-5-12(6-8-14)11-1-3-13(4-2-11)15-9-10-16(22)17(20)18(15)21/h11-18,22H,1-10,19H2. The summed E-state index contributed by atoms with van der Waals surface area (Å²) >= 11 is 6.07. The Balaban J connectivity index is 1.49. The largest absolute Gasteiger partial charge is 0.391 e. The highest BCUT2D eigenvalue weighted by atomic mass is 35.5. The van der Waals surface area contributed by atoms with E-state index >= 15 is 0 Å². The molecule has 0 aromatic heterocycles. The van der Waals surface area contributed by atoms with E-state index < -0.39 is 17.7 Å². The lowest BCUT2D eigenvalue weighted by Gasteiger charge is -2.43. The van der Waals surface area contributed by atoms with Crippen molar-refractivity contribution in [1.29, 1.82) is 0 Å². The Labute approximate surface area is 140 Å². The van der Waals surface area contributed by atoms with Crippen molar-refractivity contribution in [3.05, 3.63) is 0 Å². The first-order valence-electron chi connectivity index (χ1n) is 9.52. The molecule has 3 fully saturated rings. The van der Waals surface area contributed by atoms with Crippen molar-refractivity contribution in [2.45, 2.75) is 87.7 Å².